The van der Waals surface area contributed by atoms with Crippen LogP contribution in [-0.2, 0) is 0 Å². The molecule has 2 radical (unpaired) electrons. The first-order valence-electron chi connectivity index (χ1n) is 25.2. The minimum absolute atomic E-state index is 1.37. The van der Waals surface area contributed by atoms with Gasteiger partial charge in [-0.1, -0.05) is 296 Å². The Hall–Kier alpha value is 0.860. The van der Waals surface area contributed by atoms with Crippen molar-refractivity contribution in [3.8, 4) is 0 Å². The van der Waals surface area contributed by atoms with Crippen LogP contribution in [0.1, 0.15) is 309 Å². The van der Waals surface area contributed by atoms with Crippen molar-refractivity contribution in [2.24, 2.45) is 0 Å². The Labute approximate surface area is 336 Å². The Morgan fingerprint density at radius 3 is 0.404 bits per heavy atom. The molecule has 312 valence electrons. The Morgan fingerprint density at radius 1 is 0.154 bits per heavy atom. The van der Waals surface area contributed by atoms with E-state index in [1.165, 1.54) is 308 Å². The Kier molecular flexibility index (Phi) is 52.7. The molecular formula is C50H102P2. The van der Waals surface area contributed by atoms with E-state index in [4.69, 9.17) is 0 Å². The smallest absolute Gasteiger partial charge is 0.0242 e. The number of unbranched alkanes of at least 4 members (excludes halogenated alkanes) is 44. The second kappa shape index (κ2) is 51.9. The first-order chi connectivity index (χ1) is 25.9. The summed E-state index contributed by atoms with van der Waals surface area (Å²) < 4.78 is 0. The number of hydrogen-bond donors (Lipinski definition) is 0. The van der Waals surface area contributed by atoms with Crippen LogP contribution in [0.15, 0.2) is 0 Å². The zero-order valence-corrected chi connectivity index (χ0v) is 38.6. The third-order valence-corrected chi connectivity index (χ3v) is 14.9. The lowest BCUT2D eigenvalue weighted by Crippen LogP contribution is -1.85. The first kappa shape index (κ1) is 52.9. The molecule has 0 rings (SSSR count). The Bertz CT molecular complexity index is 527. The van der Waals surface area contributed by atoms with Gasteiger partial charge in [-0.2, -0.15) is 0 Å². The van der Waals surface area contributed by atoms with Crippen molar-refractivity contribution in [3.63, 3.8) is 0 Å². The Balaban J connectivity index is 3.04. The maximum Gasteiger partial charge on any atom is -0.0242 e. The molecule has 0 aromatic carbocycles. The molecule has 0 fully saturated rings. The second-order valence-corrected chi connectivity index (χ2v) is 20.4. The fourth-order valence-electron chi connectivity index (χ4n) is 8.08. The molecule has 0 saturated carbocycles. The van der Waals surface area contributed by atoms with Gasteiger partial charge in [0.1, 0.15) is 0 Å². The van der Waals surface area contributed by atoms with E-state index in [2.05, 4.69) is 13.8 Å². The summed E-state index contributed by atoms with van der Waals surface area (Å²) in [4.78, 5) is 0. The maximum atomic E-state index is 2.31. The highest BCUT2D eigenvalue weighted by Gasteiger charge is 1.99. The predicted molar refractivity (Wildman–Crippen MR) is 247 cm³/mol. The van der Waals surface area contributed by atoms with Crippen molar-refractivity contribution < 1.29 is 0 Å². The van der Waals surface area contributed by atoms with Gasteiger partial charge in [0, 0.05) is 0 Å². The third-order valence-electron chi connectivity index (χ3n) is 11.8. The van der Waals surface area contributed by atoms with Crippen LogP contribution in [0.4, 0.5) is 0 Å². The molecule has 0 aliphatic rings. The van der Waals surface area contributed by atoms with Gasteiger partial charge in [0.2, 0.25) is 0 Å². The average molecular weight is 765 g/mol. The van der Waals surface area contributed by atoms with Gasteiger partial charge in [-0.25, -0.2) is 0 Å². The fraction of sp³-hybridized carbons (Fsp3) is 1.00. The SMILES string of the molecule is CCCCCCCCCCCCCCCCCCCCCCCCC[P][P]CCCCCCCCCCCCCCCCCCCCCCCCC. The lowest BCUT2D eigenvalue weighted by atomic mass is 10.0. The maximum absolute atomic E-state index is 2.31. The number of hydrogen-bond acceptors (Lipinski definition) is 0. The van der Waals surface area contributed by atoms with E-state index in [9.17, 15) is 0 Å². The zero-order chi connectivity index (χ0) is 37.4. The van der Waals surface area contributed by atoms with Crippen LogP contribution in [-0.4, -0.2) is 12.3 Å². The molecule has 0 aromatic heterocycles. The van der Waals surface area contributed by atoms with Crippen LogP contribution >= 0.6 is 16.5 Å². The molecule has 0 atom stereocenters. The van der Waals surface area contributed by atoms with Crippen LogP contribution in [0.2, 0.25) is 0 Å². The molecule has 0 saturated heterocycles. The summed E-state index contributed by atoms with van der Waals surface area (Å²) in [7, 11) is 3.43. The van der Waals surface area contributed by atoms with Crippen LogP contribution in [0.5, 0.6) is 0 Å². The van der Waals surface area contributed by atoms with Gasteiger partial charge in [-0.15, -0.1) is 0 Å². The topological polar surface area (TPSA) is 0 Å². The molecule has 0 nitrogen and oxygen atoms in total. The molecule has 2 heteroatoms. The minimum atomic E-state index is 1.37. The van der Waals surface area contributed by atoms with Crippen molar-refractivity contribution in [3.05, 3.63) is 0 Å². The molecule has 0 heterocycles. The molecule has 52 heavy (non-hydrogen) atoms. The first-order valence-corrected chi connectivity index (χ1v) is 28.1. The van der Waals surface area contributed by atoms with E-state index in [-0.39, 0.29) is 0 Å². The molecule has 0 amide bonds. The van der Waals surface area contributed by atoms with E-state index in [0.29, 0.717) is 0 Å². The predicted octanol–water partition coefficient (Wildman–Crippen LogP) is 20.8. The lowest BCUT2D eigenvalue weighted by Gasteiger charge is -2.05. The Morgan fingerprint density at radius 2 is 0.269 bits per heavy atom. The normalized spacial score (nSPS) is 12.1. The largest absolute Gasteiger partial charge is 0.0654 e. The van der Waals surface area contributed by atoms with Gasteiger partial charge >= 0.3 is 0 Å². The minimum Gasteiger partial charge on any atom is -0.0654 e. The van der Waals surface area contributed by atoms with E-state index in [0.717, 1.165) is 0 Å². The quantitative estimate of drug-likeness (QED) is 0.0427. The van der Waals surface area contributed by atoms with Crippen molar-refractivity contribution in [2.75, 3.05) is 12.3 Å². The van der Waals surface area contributed by atoms with Crippen LogP contribution in [0.25, 0.3) is 0 Å². The monoisotopic (exact) mass is 765 g/mol. The van der Waals surface area contributed by atoms with Gasteiger partial charge in [-0.05, 0) is 41.7 Å². The lowest BCUT2D eigenvalue weighted by molar-refractivity contribution is 0.519. The molecule has 0 aliphatic heterocycles. The van der Waals surface area contributed by atoms with Crippen molar-refractivity contribution in [2.45, 2.75) is 309 Å². The highest BCUT2D eigenvalue weighted by molar-refractivity contribution is 8.11. The van der Waals surface area contributed by atoms with Crippen LogP contribution in [0, 0.1) is 0 Å². The van der Waals surface area contributed by atoms with E-state index in [1.807, 2.05) is 0 Å². The summed E-state index contributed by atoms with van der Waals surface area (Å²) in [5.74, 6) is 0. The van der Waals surface area contributed by atoms with Gasteiger partial charge in [0.25, 0.3) is 0 Å². The second-order valence-electron chi connectivity index (χ2n) is 17.3. The van der Waals surface area contributed by atoms with Gasteiger partial charge in [-0.3, -0.25) is 0 Å². The molecule has 0 spiro atoms. The van der Waals surface area contributed by atoms with Gasteiger partial charge in [0.05, 0.1) is 0 Å². The summed E-state index contributed by atoms with van der Waals surface area (Å²) >= 11 is 0. The molecule has 0 N–H and O–H groups in total. The zero-order valence-electron chi connectivity index (χ0n) is 36.8. The molecule has 0 unspecified atom stereocenters. The summed E-state index contributed by atoms with van der Waals surface area (Å²) in [5.41, 5.74) is 0. The third kappa shape index (κ3) is 50.9. The summed E-state index contributed by atoms with van der Waals surface area (Å²) in [6, 6.07) is 0. The molecule has 0 bridgehead atoms. The standard InChI is InChI=1S/C50H102P2/c1-3-5-7-9-11-13-15-17-19-21-23-25-27-29-31-33-35-37-39-41-43-45-47-49-51-52-50-48-46-44-42-40-38-36-34-32-30-28-26-24-22-20-18-16-14-12-10-8-6-4-2/h3-50H2,1-2H3. The van der Waals surface area contributed by atoms with Crippen molar-refractivity contribution >= 4 is 16.5 Å². The van der Waals surface area contributed by atoms with Crippen molar-refractivity contribution in [1.82, 2.24) is 0 Å². The molecule has 0 aliphatic carbocycles. The van der Waals surface area contributed by atoms with Gasteiger partial charge < -0.3 is 0 Å². The number of rotatable bonds is 49. The van der Waals surface area contributed by atoms with E-state index in [1.54, 1.807) is 16.5 Å². The summed E-state index contributed by atoms with van der Waals surface area (Å²) in [6.07, 6.45) is 71.2. The highest BCUT2D eigenvalue weighted by atomic mass is 32.0. The van der Waals surface area contributed by atoms with E-state index < -0.39 is 0 Å². The molecular weight excluding hydrogens is 662 g/mol. The van der Waals surface area contributed by atoms with Crippen LogP contribution in [0.3, 0.4) is 0 Å². The highest BCUT2D eigenvalue weighted by Crippen LogP contribution is 2.38. The van der Waals surface area contributed by atoms with Gasteiger partial charge in [0.15, 0.2) is 0 Å². The molecule has 0 aromatic rings. The average Bonchev–Trinajstić information content (AvgIpc) is 3.16. The van der Waals surface area contributed by atoms with Crippen molar-refractivity contribution in [1.29, 1.82) is 0 Å². The van der Waals surface area contributed by atoms with Crippen LogP contribution < -0.4 is 0 Å². The van der Waals surface area contributed by atoms with E-state index >= 15 is 0 Å². The fourth-order valence-corrected chi connectivity index (χ4v) is 10.8. The summed E-state index contributed by atoms with van der Waals surface area (Å²) in [5, 5.41) is 0. The summed E-state index contributed by atoms with van der Waals surface area (Å²) in [6.45, 7) is 4.62.